The van der Waals surface area contributed by atoms with Crippen LogP contribution in [0, 0.1) is 0 Å². The van der Waals surface area contributed by atoms with Gasteiger partial charge in [0.2, 0.25) is 0 Å². The molecule has 3 rings (SSSR count). The zero-order valence-corrected chi connectivity index (χ0v) is 14.9. The van der Waals surface area contributed by atoms with Gasteiger partial charge in [0.05, 0.1) is 30.2 Å². The van der Waals surface area contributed by atoms with Gasteiger partial charge in [-0.1, -0.05) is 12.1 Å². The number of anilines is 1. The Bertz CT molecular complexity index is 983. The number of nitrogens with zero attached hydrogens (tertiary/aromatic N) is 4. The summed E-state index contributed by atoms with van der Waals surface area (Å²) in [5, 5.41) is 12.7. The predicted molar refractivity (Wildman–Crippen MR) is 104 cm³/mol. The SMILES string of the molecule is O=S(=O)(CCO)CCNc1nc(C2=CC=NCC=N2)nc2ccccc12. The number of hydrogen-bond acceptors (Lipinski definition) is 8. The van der Waals surface area contributed by atoms with E-state index in [2.05, 4.69) is 25.3 Å². The number of allylic oxidation sites excluding steroid dienone is 1. The third-order valence-corrected chi connectivity index (χ3v) is 5.33. The molecule has 0 amide bonds. The molecule has 1 aromatic heterocycles. The van der Waals surface area contributed by atoms with Crippen molar-refractivity contribution < 1.29 is 13.5 Å². The lowest BCUT2D eigenvalue weighted by Crippen LogP contribution is -2.20. The maximum atomic E-state index is 11.8. The normalized spacial score (nSPS) is 14.3. The zero-order valence-electron chi connectivity index (χ0n) is 14.0. The van der Waals surface area contributed by atoms with Crippen molar-refractivity contribution in [2.75, 3.05) is 36.5 Å². The number of benzene rings is 1. The molecule has 1 aliphatic rings. The number of aliphatic hydroxyl groups is 1. The maximum Gasteiger partial charge on any atom is 0.180 e. The molecule has 26 heavy (non-hydrogen) atoms. The van der Waals surface area contributed by atoms with Gasteiger partial charge in [-0.2, -0.15) is 0 Å². The number of nitrogens with one attached hydrogen (secondary N) is 1. The fourth-order valence-electron chi connectivity index (χ4n) is 2.44. The molecular formula is C17H19N5O3S. The van der Waals surface area contributed by atoms with Crippen LogP contribution in [0.25, 0.3) is 16.6 Å². The summed E-state index contributed by atoms with van der Waals surface area (Å²) in [6.45, 7) is 0.310. The molecule has 0 atom stereocenters. The van der Waals surface area contributed by atoms with Crippen molar-refractivity contribution in [3.63, 3.8) is 0 Å². The first-order valence-corrected chi connectivity index (χ1v) is 9.96. The minimum Gasteiger partial charge on any atom is -0.395 e. The standard InChI is InChI=1S/C17H19N5O3S/c23-10-12-26(24,25)11-9-20-16-13-3-1-2-4-14(13)21-17(22-16)15-5-6-18-7-8-19-15/h1-6,8,23H,7,9-12H2,(H,20,21,22). The Morgan fingerprint density at radius 2 is 2.00 bits per heavy atom. The number of aliphatic hydroxyl groups excluding tert-OH is 1. The summed E-state index contributed by atoms with van der Waals surface area (Å²) in [4.78, 5) is 17.5. The van der Waals surface area contributed by atoms with E-state index in [1.807, 2.05) is 24.3 Å². The third kappa shape index (κ3) is 4.50. The Labute approximate surface area is 151 Å². The molecule has 0 unspecified atom stereocenters. The lowest BCUT2D eigenvalue weighted by atomic mass is 10.2. The first-order chi connectivity index (χ1) is 12.6. The molecule has 0 saturated heterocycles. The number of rotatable bonds is 7. The highest BCUT2D eigenvalue weighted by molar-refractivity contribution is 7.91. The van der Waals surface area contributed by atoms with Crippen LogP contribution in [0.2, 0.25) is 0 Å². The molecule has 8 nitrogen and oxygen atoms in total. The number of aromatic nitrogens is 2. The van der Waals surface area contributed by atoms with Crippen LogP contribution >= 0.6 is 0 Å². The summed E-state index contributed by atoms with van der Waals surface area (Å²) in [6, 6.07) is 7.48. The largest absolute Gasteiger partial charge is 0.395 e. The van der Waals surface area contributed by atoms with Gasteiger partial charge in [0.1, 0.15) is 11.5 Å². The summed E-state index contributed by atoms with van der Waals surface area (Å²) in [5.74, 6) is 0.649. The molecule has 9 heteroatoms. The second-order valence-electron chi connectivity index (χ2n) is 5.59. The van der Waals surface area contributed by atoms with Crippen LogP contribution < -0.4 is 5.32 Å². The minimum atomic E-state index is -3.30. The Hall–Kier alpha value is -2.65. The van der Waals surface area contributed by atoms with Gasteiger partial charge >= 0.3 is 0 Å². The number of fused-ring (bicyclic) bond motifs is 1. The highest BCUT2D eigenvalue weighted by Gasteiger charge is 2.13. The number of aliphatic imine (C=N–C) groups is 2. The molecule has 0 aliphatic carbocycles. The van der Waals surface area contributed by atoms with Crippen molar-refractivity contribution in [3.05, 3.63) is 36.2 Å². The van der Waals surface area contributed by atoms with E-state index in [-0.39, 0.29) is 24.7 Å². The zero-order chi connectivity index (χ0) is 18.4. The first kappa shape index (κ1) is 18.2. The summed E-state index contributed by atoms with van der Waals surface area (Å²) in [6.07, 6.45) is 5.08. The Morgan fingerprint density at radius 3 is 2.85 bits per heavy atom. The van der Waals surface area contributed by atoms with E-state index in [0.717, 1.165) is 10.9 Å². The van der Waals surface area contributed by atoms with E-state index in [9.17, 15) is 8.42 Å². The molecular weight excluding hydrogens is 354 g/mol. The summed E-state index contributed by atoms with van der Waals surface area (Å²) >= 11 is 0. The summed E-state index contributed by atoms with van der Waals surface area (Å²) in [5.41, 5.74) is 1.32. The second-order valence-corrected chi connectivity index (χ2v) is 7.90. The van der Waals surface area contributed by atoms with Crippen LogP contribution in [-0.4, -0.2) is 67.1 Å². The number of sulfone groups is 1. The Kier molecular flexibility index (Phi) is 5.69. The lowest BCUT2D eigenvalue weighted by Gasteiger charge is -2.11. The fraction of sp³-hybridized carbons (Fsp3) is 0.294. The van der Waals surface area contributed by atoms with E-state index in [1.54, 1.807) is 18.5 Å². The topological polar surface area (TPSA) is 117 Å². The molecule has 0 spiro atoms. The average Bonchev–Trinajstić information content (AvgIpc) is 2.90. The molecule has 1 aromatic carbocycles. The van der Waals surface area contributed by atoms with Crippen LogP contribution in [0.5, 0.6) is 0 Å². The van der Waals surface area contributed by atoms with Crippen LogP contribution in [-0.2, 0) is 9.84 Å². The lowest BCUT2D eigenvalue weighted by molar-refractivity contribution is 0.319. The Balaban J connectivity index is 1.91. The van der Waals surface area contributed by atoms with Crippen molar-refractivity contribution in [1.29, 1.82) is 0 Å². The smallest absolute Gasteiger partial charge is 0.180 e. The first-order valence-electron chi connectivity index (χ1n) is 8.14. The van der Waals surface area contributed by atoms with Crippen molar-refractivity contribution >= 4 is 44.7 Å². The third-order valence-electron chi connectivity index (χ3n) is 3.70. The van der Waals surface area contributed by atoms with Crippen LogP contribution in [0.4, 0.5) is 5.82 Å². The molecule has 2 aromatic rings. The van der Waals surface area contributed by atoms with E-state index >= 15 is 0 Å². The number of hydrogen-bond donors (Lipinski definition) is 2. The molecule has 136 valence electrons. The average molecular weight is 373 g/mol. The molecule has 0 saturated carbocycles. The van der Waals surface area contributed by atoms with Gasteiger partial charge in [-0.05, 0) is 18.2 Å². The molecule has 0 radical (unpaired) electrons. The van der Waals surface area contributed by atoms with E-state index in [0.29, 0.717) is 23.9 Å². The summed E-state index contributed by atoms with van der Waals surface area (Å²) < 4.78 is 23.5. The van der Waals surface area contributed by atoms with Crippen LogP contribution in [0.3, 0.4) is 0 Å². The highest BCUT2D eigenvalue weighted by Crippen LogP contribution is 2.23. The highest BCUT2D eigenvalue weighted by atomic mass is 32.2. The molecule has 2 heterocycles. The molecule has 2 N–H and O–H groups in total. The van der Waals surface area contributed by atoms with Crippen molar-refractivity contribution in [3.8, 4) is 0 Å². The second kappa shape index (κ2) is 8.15. The molecule has 0 bridgehead atoms. The fourth-order valence-corrected chi connectivity index (χ4v) is 3.33. The summed E-state index contributed by atoms with van der Waals surface area (Å²) in [7, 11) is -3.30. The predicted octanol–water partition coefficient (Wildman–Crippen LogP) is 0.945. The Morgan fingerprint density at radius 1 is 1.15 bits per heavy atom. The molecule has 0 fully saturated rings. The van der Waals surface area contributed by atoms with Crippen molar-refractivity contribution in [2.45, 2.75) is 0 Å². The van der Waals surface area contributed by atoms with Gasteiger partial charge in [0, 0.05) is 24.4 Å². The van der Waals surface area contributed by atoms with Gasteiger partial charge in [-0.15, -0.1) is 0 Å². The van der Waals surface area contributed by atoms with Crippen molar-refractivity contribution in [2.24, 2.45) is 9.98 Å². The van der Waals surface area contributed by atoms with Gasteiger partial charge in [0.15, 0.2) is 15.7 Å². The van der Waals surface area contributed by atoms with E-state index in [4.69, 9.17) is 5.11 Å². The minimum absolute atomic E-state index is 0.0886. The van der Waals surface area contributed by atoms with E-state index in [1.165, 1.54) is 0 Å². The van der Waals surface area contributed by atoms with Crippen LogP contribution in [0.15, 0.2) is 40.3 Å². The van der Waals surface area contributed by atoms with E-state index < -0.39 is 9.84 Å². The van der Waals surface area contributed by atoms with Crippen LogP contribution in [0.1, 0.15) is 5.82 Å². The maximum absolute atomic E-state index is 11.8. The van der Waals surface area contributed by atoms with Gasteiger partial charge in [-0.3, -0.25) is 9.98 Å². The van der Waals surface area contributed by atoms with Gasteiger partial charge in [0.25, 0.3) is 0 Å². The van der Waals surface area contributed by atoms with Gasteiger partial charge in [-0.25, -0.2) is 18.4 Å². The number of para-hydroxylation sites is 1. The monoisotopic (exact) mass is 373 g/mol. The molecule has 1 aliphatic heterocycles. The van der Waals surface area contributed by atoms with Gasteiger partial charge < -0.3 is 10.4 Å². The quantitative estimate of drug-likeness (QED) is 0.746. The van der Waals surface area contributed by atoms with Crippen molar-refractivity contribution in [1.82, 2.24) is 9.97 Å².